The molecule has 0 bridgehead atoms. The number of allylic oxidation sites excluding steroid dienone is 21. The van der Waals surface area contributed by atoms with Crippen LogP contribution in [0, 0.1) is 0 Å². The normalized spacial score (nSPS) is 19.8. The molecule has 0 aromatic rings. The van der Waals surface area contributed by atoms with E-state index in [0.717, 1.165) is 116 Å². The minimum atomic E-state index is -1.63. The van der Waals surface area contributed by atoms with Gasteiger partial charge >= 0.3 is 5.97 Å². The quantitative estimate of drug-likeness (QED) is 0.0149. The number of hydrogen-bond donors (Lipinski definition) is 6. The summed E-state index contributed by atoms with van der Waals surface area (Å²) in [4.78, 5) is 26.5. The van der Waals surface area contributed by atoms with Gasteiger partial charge in [0.2, 0.25) is 5.91 Å². The van der Waals surface area contributed by atoms with Crippen LogP contribution >= 0.6 is 0 Å². The van der Waals surface area contributed by atoms with E-state index in [-0.39, 0.29) is 19.4 Å². The Labute approximate surface area is 480 Å². The van der Waals surface area contributed by atoms with Crippen molar-refractivity contribution in [2.75, 3.05) is 13.2 Å². The van der Waals surface area contributed by atoms with E-state index >= 15 is 0 Å². The molecule has 1 rings (SSSR count). The first-order chi connectivity index (χ1) is 38.7. The van der Waals surface area contributed by atoms with Crippen LogP contribution in [0.2, 0.25) is 0 Å². The third-order valence-electron chi connectivity index (χ3n) is 13.6. The molecule has 1 fully saturated rings. The van der Waals surface area contributed by atoms with Crippen LogP contribution < -0.4 is 5.32 Å². The zero-order valence-corrected chi connectivity index (χ0v) is 49.4. The monoisotopic (exact) mass is 1100 g/mol. The third-order valence-corrected chi connectivity index (χ3v) is 13.6. The highest BCUT2D eigenvalue weighted by molar-refractivity contribution is 5.80. The Hall–Kier alpha value is -4.20. The van der Waals surface area contributed by atoms with Gasteiger partial charge in [-0.3, -0.25) is 9.59 Å². The summed E-state index contributed by atoms with van der Waals surface area (Å²) in [5.74, 6) is -1.26. The van der Waals surface area contributed by atoms with E-state index in [9.17, 15) is 35.1 Å². The van der Waals surface area contributed by atoms with Crippen molar-refractivity contribution in [3.63, 3.8) is 0 Å². The summed E-state index contributed by atoms with van der Waals surface area (Å²) in [5, 5.41) is 56.8. The van der Waals surface area contributed by atoms with Gasteiger partial charge in [0.15, 0.2) is 12.4 Å². The molecule has 8 unspecified atom stereocenters. The topological polar surface area (TPSA) is 175 Å². The van der Waals surface area contributed by atoms with Crippen molar-refractivity contribution in [3.05, 3.63) is 134 Å². The molecule has 8 atom stereocenters. The smallest absolute Gasteiger partial charge is 0.306 e. The van der Waals surface area contributed by atoms with E-state index < -0.39 is 67.4 Å². The molecular formula is C68H111NO10. The lowest BCUT2D eigenvalue weighted by atomic mass is 9.99. The first kappa shape index (κ1) is 72.8. The van der Waals surface area contributed by atoms with Crippen LogP contribution in [0.25, 0.3) is 0 Å². The second-order valence-corrected chi connectivity index (χ2v) is 20.8. The standard InChI is InChI=1S/C68H111NO10/c1-4-7-10-13-16-19-22-24-25-26-27-28-29-30-31-32-33-34-35-36-37-38-41-44-47-50-53-56-63(73)79-66-65(75)64(74)62(57-70)78-68(66)77-58-59(60(71)54-51-48-45-42-39-21-18-15-12-9-6-3)69-67(76)61(72)55-52-49-46-43-40-23-20-17-14-11-8-5-2/h7-8,10-11,14,16-17,19-20,23-25,27-28,30-31,33-34,40,43,51,54,59-62,64-66,68,70-72,74-75H,4-6,9,12-13,15,18,21-22,26,29,32,35-39,41-42,44-50,52-53,55-58H2,1-3H3,(H,69,76)/b10-7-,11-8+,17-14+,19-16-,23-20-,25-24-,28-27-,31-30-,34-33-,43-40-,54-51+. The van der Waals surface area contributed by atoms with Crippen LogP contribution in [0.1, 0.15) is 220 Å². The lowest BCUT2D eigenvalue weighted by Gasteiger charge is -2.41. The molecule has 0 aromatic heterocycles. The zero-order chi connectivity index (χ0) is 57.5. The van der Waals surface area contributed by atoms with Crippen LogP contribution in [-0.2, 0) is 23.8 Å². The number of carbonyl (C=O) groups excluding carboxylic acids is 2. The second kappa shape index (κ2) is 54.4. The van der Waals surface area contributed by atoms with Crippen molar-refractivity contribution < 1.29 is 49.3 Å². The molecule has 0 spiro atoms. The summed E-state index contributed by atoms with van der Waals surface area (Å²) in [7, 11) is 0. The summed E-state index contributed by atoms with van der Waals surface area (Å²) in [6, 6.07) is -1.05. The molecule has 6 N–H and O–H groups in total. The van der Waals surface area contributed by atoms with Gasteiger partial charge in [-0.05, 0) is 96.3 Å². The van der Waals surface area contributed by atoms with E-state index in [1.54, 1.807) is 6.08 Å². The number of aliphatic hydroxyl groups is 5. The lowest BCUT2D eigenvalue weighted by Crippen LogP contribution is -2.61. The second-order valence-electron chi connectivity index (χ2n) is 20.8. The van der Waals surface area contributed by atoms with E-state index in [1.165, 1.54) is 57.8 Å². The Balaban J connectivity index is 2.61. The number of rotatable bonds is 50. The van der Waals surface area contributed by atoms with Crippen LogP contribution in [0.5, 0.6) is 0 Å². The van der Waals surface area contributed by atoms with Crippen LogP contribution in [0.3, 0.4) is 0 Å². The van der Waals surface area contributed by atoms with Gasteiger partial charge in [0.05, 0.1) is 25.4 Å². The highest BCUT2D eigenvalue weighted by Crippen LogP contribution is 2.26. The number of esters is 1. The summed E-state index contributed by atoms with van der Waals surface area (Å²) in [6.45, 7) is 5.47. The molecule has 11 heteroatoms. The predicted octanol–water partition coefficient (Wildman–Crippen LogP) is 14.8. The van der Waals surface area contributed by atoms with Crippen molar-refractivity contribution in [2.24, 2.45) is 0 Å². The molecule has 11 nitrogen and oxygen atoms in total. The molecule has 0 aromatic carbocycles. The molecule has 0 saturated carbocycles. The molecule has 1 heterocycles. The summed E-state index contributed by atoms with van der Waals surface area (Å²) in [6.07, 6.45) is 66.5. The fourth-order valence-corrected chi connectivity index (χ4v) is 8.78. The maximum Gasteiger partial charge on any atom is 0.306 e. The van der Waals surface area contributed by atoms with Gasteiger partial charge in [-0.2, -0.15) is 0 Å². The van der Waals surface area contributed by atoms with Gasteiger partial charge in [-0.25, -0.2) is 0 Å². The van der Waals surface area contributed by atoms with E-state index in [4.69, 9.17) is 14.2 Å². The largest absolute Gasteiger partial charge is 0.454 e. The summed E-state index contributed by atoms with van der Waals surface area (Å²) in [5.41, 5.74) is 0. The van der Waals surface area contributed by atoms with Crippen molar-refractivity contribution >= 4 is 11.9 Å². The number of ether oxygens (including phenoxy) is 3. The highest BCUT2D eigenvalue weighted by atomic mass is 16.7. The van der Waals surface area contributed by atoms with Crippen molar-refractivity contribution in [2.45, 2.75) is 269 Å². The Morgan fingerprint density at radius 2 is 0.975 bits per heavy atom. The molecule has 1 aliphatic heterocycles. The first-order valence-corrected chi connectivity index (χ1v) is 31.0. The van der Waals surface area contributed by atoms with E-state index in [2.05, 4.69) is 105 Å². The van der Waals surface area contributed by atoms with Crippen LogP contribution in [-0.4, -0.2) is 99.6 Å². The molecule has 1 aliphatic rings. The molecule has 79 heavy (non-hydrogen) atoms. The Bertz CT molecular complexity index is 1790. The number of carbonyl (C=O) groups is 2. The lowest BCUT2D eigenvalue weighted by molar-refractivity contribution is -0.305. The maximum atomic E-state index is 13.3. The zero-order valence-electron chi connectivity index (χ0n) is 49.4. The van der Waals surface area contributed by atoms with Gasteiger partial charge in [0.25, 0.3) is 0 Å². The highest BCUT2D eigenvalue weighted by Gasteiger charge is 2.47. The van der Waals surface area contributed by atoms with Crippen molar-refractivity contribution in [1.82, 2.24) is 5.32 Å². The first-order valence-electron chi connectivity index (χ1n) is 31.0. The molecule has 0 radical (unpaired) electrons. The molecule has 1 amide bonds. The Morgan fingerprint density at radius 1 is 0.519 bits per heavy atom. The summed E-state index contributed by atoms with van der Waals surface area (Å²) >= 11 is 0. The van der Waals surface area contributed by atoms with Crippen LogP contribution in [0.15, 0.2) is 134 Å². The Morgan fingerprint density at radius 3 is 1.52 bits per heavy atom. The average Bonchev–Trinajstić information content (AvgIpc) is 3.47. The fraction of sp³-hybridized carbons (Fsp3) is 0.647. The van der Waals surface area contributed by atoms with Gasteiger partial charge in [0.1, 0.15) is 24.4 Å². The number of amides is 1. The Kier molecular flexibility index (Phi) is 50.1. The van der Waals surface area contributed by atoms with Gasteiger partial charge < -0.3 is 45.1 Å². The van der Waals surface area contributed by atoms with E-state index in [0.29, 0.717) is 12.8 Å². The molecule has 448 valence electrons. The molecule has 0 aliphatic carbocycles. The summed E-state index contributed by atoms with van der Waals surface area (Å²) < 4.78 is 17.6. The minimum Gasteiger partial charge on any atom is -0.454 e. The SMILES string of the molecule is CC/C=C\C/C=C\C/C=C\C/C=C\C/C=C\C/C=C\CCCCCCCCCCC(=O)OC1C(OCC(NC(=O)C(O)CCCC\C=C/C=C\C=C\C=C\CC)C(O)/C=C/CCCCCCCCCCC)OC(CO)C(O)C1O. The van der Waals surface area contributed by atoms with Crippen molar-refractivity contribution in [1.29, 1.82) is 0 Å². The fourth-order valence-electron chi connectivity index (χ4n) is 8.78. The number of hydrogen-bond acceptors (Lipinski definition) is 10. The van der Waals surface area contributed by atoms with Gasteiger partial charge in [-0.15, -0.1) is 0 Å². The maximum absolute atomic E-state index is 13.3. The third kappa shape index (κ3) is 42.3. The van der Waals surface area contributed by atoms with Crippen molar-refractivity contribution in [3.8, 4) is 0 Å². The molecular weight excluding hydrogens is 991 g/mol. The average molecular weight is 1100 g/mol. The number of unbranched alkanes of at least 4 members (excludes halogenated alkanes) is 19. The number of nitrogens with one attached hydrogen (secondary N) is 1. The molecule has 1 saturated heterocycles. The van der Waals surface area contributed by atoms with E-state index in [1.807, 2.05) is 48.6 Å². The minimum absolute atomic E-state index is 0.0998. The number of aliphatic hydroxyl groups excluding tert-OH is 5. The predicted molar refractivity (Wildman–Crippen MR) is 328 cm³/mol. The van der Waals surface area contributed by atoms with Crippen LogP contribution in [0.4, 0.5) is 0 Å². The van der Waals surface area contributed by atoms with Gasteiger partial charge in [-0.1, -0.05) is 251 Å². The van der Waals surface area contributed by atoms with Gasteiger partial charge in [0, 0.05) is 6.42 Å².